The molecule has 1 aliphatic rings. The molecule has 0 radical (unpaired) electrons. The monoisotopic (exact) mass is 321 g/mol. The van der Waals surface area contributed by atoms with Crippen LogP contribution in [0.2, 0.25) is 0 Å². The number of likely N-dealkylation sites (N-methyl/N-ethyl adjacent to an activating group) is 1. The summed E-state index contributed by atoms with van der Waals surface area (Å²) in [6.07, 6.45) is 7.96. The highest BCUT2D eigenvalue weighted by Crippen LogP contribution is 2.16. The molecule has 2 heterocycles. The Morgan fingerprint density at radius 2 is 2.04 bits per heavy atom. The van der Waals surface area contributed by atoms with Gasteiger partial charge in [0.1, 0.15) is 5.82 Å². The van der Waals surface area contributed by atoms with E-state index in [1.165, 1.54) is 25.7 Å². The average Bonchev–Trinajstić information content (AvgIpc) is 2.85. The fraction of sp³-hybridized carbons (Fsp3) is 0.765. The van der Waals surface area contributed by atoms with Crippen molar-refractivity contribution in [3.63, 3.8) is 0 Å². The van der Waals surface area contributed by atoms with Gasteiger partial charge in [-0.2, -0.15) is 5.10 Å². The summed E-state index contributed by atoms with van der Waals surface area (Å²) in [7, 11) is 1.86. The number of rotatable bonds is 6. The summed E-state index contributed by atoms with van der Waals surface area (Å²) >= 11 is 0. The topological polar surface area (TPSA) is 53.4 Å². The number of carbonyl (C=O) groups is 1. The van der Waals surface area contributed by atoms with Gasteiger partial charge in [0.25, 0.3) is 0 Å². The van der Waals surface area contributed by atoms with Crippen molar-refractivity contribution in [2.24, 2.45) is 0 Å². The van der Waals surface area contributed by atoms with E-state index in [4.69, 9.17) is 0 Å². The number of likely N-dealkylation sites (tertiary alicyclic amines) is 1. The lowest BCUT2D eigenvalue weighted by molar-refractivity contribution is 0.207. The molecule has 1 N–H and O–H groups in total. The molecule has 1 aromatic heterocycles. The summed E-state index contributed by atoms with van der Waals surface area (Å²) < 4.78 is 1.88. The summed E-state index contributed by atoms with van der Waals surface area (Å²) in [6.45, 7) is 8.25. The molecule has 2 amide bonds. The summed E-state index contributed by atoms with van der Waals surface area (Å²) in [5.41, 5.74) is 0. The molecule has 0 bridgehead atoms. The minimum Gasteiger partial charge on any atom is -0.326 e. The fourth-order valence-corrected chi connectivity index (χ4v) is 2.90. The van der Waals surface area contributed by atoms with Gasteiger partial charge in [-0.1, -0.05) is 19.8 Å². The van der Waals surface area contributed by atoms with Gasteiger partial charge in [0.15, 0.2) is 0 Å². The highest BCUT2D eigenvalue weighted by atomic mass is 16.2. The van der Waals surface area contributed by atoms with E-state index in [0.29, 0.717) is 0 Å². The maximum atomic E-state index is 12.4. The second-order valence-electron chi connectivity index (χ2n) is 6.53. The second kappa shape index (κ2) is 8.91. The van der Waals surface area contributed by atoms with Crippen LogP contribution in [0.15, 0.2) is 12.3 Å². The average molecular weight is 321 g/mol. The number of amides is 2. The first-order valence-electron chi connectivity index (χ1n) is 8.89. The molecule has 1 atom stereocenters. The summed E-state index contributed by atoms with van der Waals surface area (Å²) in [5.74, 6) is 0.769. The molecule has 130 valence electrons. The number of carbonyl (C=O) groups excluding carboxylic acids is 1. The van der Waals surface area contributed by atoms with Crippen LogP contribution in [0.4, 0.5) is 10.6 Å². The maximum Gasteiger partial charge on any atom is 0.322 e. The summed E-state index contributed by atoms with van der Waals surface area (Å²) in [5, 5.41) is 7.28. The lowest BCUT2D eigenvalue weighted by atomic mass is 10.2. The van der Waals surface area contributed by atoms with Gasteiger partial charge in [-0.25, -0.2) is 9.48 Å². The van der Waals surface area contributed by atoms with Gasteiger partial charge < -0.3 is 9.80 Å². The highest BCUT2D eigenvalue weighted by Gasteiger charge is 2.15. The smallest absolute Gasteiger partial charge is 0.322 e. The predicted octanol–water partition coefficient (Wildman–Crippen LogP) is 3.19. The van der Waals surface area contributed by atoms with E-state index in [1.54, 1.807) is 11.1 Å². The quantitative estimate of drug-likeness (QED) is 0.875. The lowest BCUT2D eigenvalue weighted by Gasteiger charge is -2.24. The second-order valence-corrected chi connectivity index (χ2v) is 6.53. The van der Waals surface area contributed by atoms with E-state index in [0.717, 1.165) is 38.4 Å². The first kappa shape index (κ1) is 17.8. The Hall–Kier alpha value is -1.56. The molecule has 2 rings (SSSR count). The van der Waals surface area contributed by atoms with Crippen molar-refractivity contribution in [2.75, 3.05) is 38.5 Å². The van der Waals surface area contributed by atoms with E-state index in [-0.39, 0.29) is 12.1 Å². The van der Waals surface area contributed by atoms with E-state index < -0.39 is 0 Å². The number of nitrogens with one attached hydrogen (secondary N) is 1. The molecule has 23 heavy (non-hydrogen) atoms. The number of anilines is 1. The van der Waals surface area contributed by atoms with Crippen LogP contribution in [0.25, 0.3) is 0 Å². The SMILES string of the molecule is CC[C@H](C)n1nccc1NC(=O)N(C)CCN1CCCCCC1. The molecule has 0 spiro atoms. The van der Waals surface area contributed by atoms with Crippen LogP contribution in [0.1, 0.15) is 52.0 Å². The molecule has 1 aliphatic heterocycles. The third-order valence-electron chi connectivity index (χ3n) is 4.71. The van der Waals surface area contributed by atoms with Gasteiger partial charge in [0, 0.05) is 26.2 Å². The number of nitrogens with zero attached hydrogens (tertiary/aromatic N) is 4. The number of hydrogen-bond donors (Lipinski definition) is 1. The molecular weight excluding hydrogens is 290 g/mol. The van der Waals surface area contributed by atoms with Crippen LogP contribution in [0.5, 0.6) is 0 Å². The Kier molecular flexibility index (Phi) is 6.89. The lowest BCUT2D eigenvalue weighted by Crippen LogP contribution is -2.39. The van der Waals surface area contributed by atoms with E-state index in [2.05, 4.69) is 29.2 Å². The first-order valence-corrected chi connectivity index (χ1v) is 8.89. The van der Waals surface area contributed by atoms with Gasteiger partial charge in [-0.05, 0) is 39.3 Å². The predicted molar refractivity (Wildman–Crippen MR) is 93.8 cm³/mol. The van der Waals surface area contributed by atoms with Gasteiger partial charge in [-0.15, -0.1) is 0 Å². The van der Waals surface area contributed by atoms with Crippen LogP contribution in [0.3, 0.4) is 0 Å². The third-order valence-corrected chi connectivity index (χ3v) is 4.71. The van der Waals surface area contributed by atoms with Crippen LogP contribution in [-0.2, 0) is 0 Å². The highest BCUT2D eigenvalue weighted by molar-refractivity contribution is 5.88. The molecule has 1 aromatic rings. The van der Waals surface area contributed by atoms with Crippen LogP contribution < -0.4 is 5.32 Å². The Balaban J connectivity index is 1.81. The minimum absolute atomic E-state index is 0.0649. The minimum atomic E-state index is -0.0649. The molecular formula is C17H31N5O. The van der Waals surface area contributed by atoms with Crippen molar-refractivity contribution in [1.29, 1.82) is 0 Å². The Bertz CT molecular complexity index is 479. The molecule has 0 aromatic carbocycles. The zero-order chi connectivity index (χ0) is 16.7. The van der Waals surface area contributed by atoms with Crippen LogP contribution in [0, 0.1) is 0 Å². The van der Waals surface area contributed by atoms with Crippen LogP contribution in [-0.4, -0.2) is 58.8 Å². The number of urea groups is 1. The third kappa shape index (κ3) is 5.23. The maximum absolute atomic E-state index is 12.4. The van der Waals surface area contributed by atoms with Crippen molar-refractivity contribution < 1.29 is 4.79 Å². The van der Waals surface area contributed by atoms with Crippen molar-refractivity contribution >= 4 is 11.8 Å². The summed E-state index contributed by atoms with van der Waals surface area (Å²) in [4.78, 5) is 16.6. The van der Waals surface area contributed by atoms with Crippen molar-refractivity contribution in [3.05, 3.63) is 12.3 Å². The van der Waals surface area contributed by atoms with Crippen molar-refractivity contribution in [2.45, 2.75) is 52.0 Å². The van der Waals surface area contributed by atoms with Crippen LogP contribution >= 0.6 is 0 Å². The zero-order valence-electron chi connectivity index (χ0n) is 14.8. The van der Waals surface area contributed by atoms with Gasteiger partial charge >= 0.3 is 6.03 Å². The van der Waals surface area contributed by atoms with Gasteiger partial charge in [0.05, 0.1) is 12.2 Å². The largest absolute Gasteiger partial charge is 0.326 e. The summed E-state index contributed by atoms with van der Waals surface area (Å²) in [6, 6.07) is 2.07. The molecule has 1 saturated heterocycles. The number of hydrogen-bond acceptors (Lipinski definition) is 3. The first-order chi connectivity index (χ1) is 11.1. The van der Waals surface area contributed by atoms with Crippen molar-refractivity contribution in [1.82, 2.24) is 19.6 Å². The molecule has 0 saturated carbocycles. The molecule has 6 nitrogen and oxygen atoms in total. The Labute approximate surface area is 139 Å². The van der Waals surface area contributed by atoms with Gasteiger partial charge in [0.2, 0.25) is 0 Å². The van der Waals surface area contributed by atoms with E-state index in [9.17, 15) is 4.79 Å². The van der Waals surface area contributed by atoms with E-state index >= 15 is 0 Å². The zero-order valence-corrected chi connectivity index (χ0v) is 14.8. The molecule has 0 aliphatic carbocycles. The molecule has 0 unspecified atom stereocenters. The standard InChI is InChI=1S/C17H31N5O/c1-4-15(2)22-16(9-10-18-22)19-17(23)20(3)13-14-21-11-7-5-6-8-12-21/h9-10,15H,4-8,11-14H2,1-3H3,(H,19,23)/t15-/m0/s1. The Morgan fingerprint density at radius 1 is 1.35 bits per heavy atom. The fourth-order valence-electron chi connectivity index (χ4n) is 2.90. The van der Waals surface area contributed by atoms with Gasteiger partial charge in [-0.3, -0.25) is 5.32 Å². The Morgan fingerprint density at radius 3 is 2.70 bits per heavy atom. The normalized spacial score (nSPS) is 17.5. The molecule has 6 heteroatoms. The number of aromatic nitrogens is 2. The van der Waals surface area contributed by atoms with Crippen molar-refractivity contribution in [3.8, 4) is 0 Å². The van der Waals surface area contributed by atoms with E-state index in [1.807, 2.05) is 17.8 Å². The molecule has 1 fully saturated rings.